The Morgan fingerprint density at radius 1 is 1.20 bits per heavy atom. The number of imidazole rings is 1. The highest BCUT2D eigenvalue weighted by molar-refractivity contribution is 5.86. The van der Waals surface area contributed by atoms with Crippen LogP contribution in [0.4, 0.5) is 0 Å². The van der Waals surface area contributed by atoms with Crippen molar-refractivity contribution < 1.29 is 4.79 Å². The first-order valence-electron chi connectivity index (χ1n) is 8.65. The average molecular weight is 334 g/mol. The molecule has 1 unspecified atom stereocenters. The van der Waals surface area contributed by atoms with E-state index in [0.717, 1.165) is 12.4 Å². The lowest BCUT2D eigenvalue weighted by Gasteiger charge is -2.18. The molecule has 2 heterocycles. The summed E-state index contributed by atoms with van der Waals surface area (Å²) in [4.78, 5) is 18.7. The van der Waals surface area contributed by atoms with E-state index < -0.39 is 0 Å². The summed E-state index contributed by atoms with van der Waals surface area (Å²) in [5.41, 5.74) is 1.20. The van der Waals surface area contributed by atoms with E-state index in [1.54, 1.807) is 6.20 Å². The Morgan fingerprint density at radius 3 is 2.88 bits per heavy atom. The van der Waals surface area contributed by atoms with E-state index in [0.29, 0.717) is 19.5 Å². The van der Waals surface area contributed by atoms with Crippen molar-refractivity contribution in [3.05, 3.63) is 66.2 Å². The maximum Gasteiger partial charge on any atom is 0.224 e. The highest BCUT2D eigenvalue weighted by Gasteiger charge is 2.29. The molecule has 0 spiro atoms. The van der Waals surface area contributed by atoms with Crippen LogP contribution in [0.15, 0.2) is 54.9 Å². The molecule has 1 N–H and O–H groups in total. The second-order valence-corrected chi connectivity index (χ2v) is 6.65. The fourth-order valence-corrected chi connectivity index (χ4v) is 3.50. The first-order chi connectivity index (χ1) is 12.2. The number of rotatable bonds is 5. The Hall–Kier alpha value is -2.66. The Morgan fingerprint density at radius 2 is 2.04 bits per heavy atom. The van der Waals surface area contributed by atoms with Crippen molar-refractivity contribution in [1.82, 2.24) is 19.8 Å². The molecule has 5 heteroatoms. The molecule has 0 radical (unpaired) electrons. The monoisotopic (exact) mass is 334 g/mol. The summed E-state index contributed by atoms with van der Waals surface area (Å²) in [5.74, 6) is 1.20. The number of hydrogen-bond donors (Lipinski definition) is 1. The van der Waals surface area contributed by atoms with Crippen molar-refractivity contribution in [2.24, 2.45) is 7.05 Å². The van der Waals surface area contributed by atoms with E-state index >= 15 is 0 Å². The van der Waals surface area contributed by atoms with Crippen LogP contribution in [0.1, 0.15) is 17.8 Å². The van der Waals surface area contributed by atoms with Crippen LogP contribution in [0.25, 0.3) is 10.8 Å². The van der Waals surface area contributed by atoms with Crippen LogP contribution in [-0.2, 0) is 24.9 Å². The van der Waals surface area contributed by atoms with Gasteiger partial charge in [-0.2, -0.15) is 0 Å². The topological polar surface area (TPSA) is 50.2 Å². The molecule has 1 atom stereocenters. The average Bonchev–Trinajstić information content (AvgIpc) is 3.19. The minimum absolute atomic E-state index is 0.180. The van der Waals surface area contributed by atoms with E-state index in [2.05, 4.69) is 46.7 Å². The predicted octanol–water partition coefficient (Wildman–Crippen LogP) is 2.46. The zero-order valence-corrected chi connectivity index (χ0v) is 14.4. The number of aryl methyl sites for hydroxylation is 1. The van der Waals surface area contributed by atoms with Crippen molar-refractivity contribution in [3.63, 3.8) is 0 Å². The standard InChI is InChI=1S/C20H22N4O/c1-23-10-9-21-19(23)12-22-17-11-20(25)24(14-17)13-16-7-4-6-15-5-2-3-8-18(15)16/h2-10,17,22H,11-14H2,1H3. The molecular weight excluding hydrogens is 312 g/mol. The summed E-state index contributed by atoms with van der Waals surface area (Å²) in [6, 6.07) is 14.8. The fourth-order valence-electron chi connectivity index (χ4n) is 3.50. The lowest BCUT2D eigenvalue weighted by molar-refractivity contribution is -0.128. The van der Waals surface area contributed by atoms with Gasteiger partial charge in [0.15, 0.2) is 0 Å². The quantitative estimate of drug-likeness (QED) is 0.780. The van der Waals surface area contributed by atoms with Gasteiger partial charge in [0.1, 0.15) is 5.82 Å². The van der Waals surface area contributed by atoms with Gasteiger partial charge < -0.3 is 14.8 Å². The van der Waals surface area contributed by atoms with Crippen molar-refractivity contribution in [3.8, 4) is 0 Å². The smallest absolute Gasteiger partial charge is 0.224 e. The zero-order valence-electron chi connectivity index (χ0n) is 14.4. The van der Waals surface area contributed by atoms with Crippen molar-refractivity contribution in [2.45, 2.75) is 25.6 Å². The van der Waals surface area contributed by atoms with E-state index in [9.17, 15) is 4.79 Å². The molecule has 25 heavy (non-hydrogen) atoms. The normalized spacial score (nSPS) is 17.6. The van der Waals surface area contributed by atoms with Crippen LogP contribution in [0.2, 0.25) is 0 Å². The number of carbonyl (C=O) groups is 1. The second-order valence-electron chi connectivity index (χ2n) is 6.65. The van der Waals surface area contributed by atoms with Gasteiger partial charge in [-0.3, -0.25) is 4.79 Å². The maximum atomic E-state index is 12.4. The van der Waals surface area contributed by atoms with Gasteiger partial charge >= 0.3 is 0 Å². The molecule has 4 rings (SSSR count). The van der Waals surface area contributed by atoms with Gasteiger partial charge in [-0.15, -0.1) is 0 Å². The van der Waals surface area contributed by atoms with Gasteiger partial charge in [0.25, 0.3) is 0 Å². The van der Waals surface area contributed by atoms with E-state index in [4.69, 9.17) is 0 Å². The van der Waals surface area contributed by atoms with Gasteiger partial charge in [0.2, 0.25) is 5.91 Å². The summed E-state index contributed by atoms with van der Waals surface area (Å²) >= 11 is 0. The lowest BCUT2D eigenvalue weighted by atomic mass is 10.0. The van der Waals surface area contributed by atoms with Crippen LogP contribution < -0.4 is 5.32 Å². The zero-order chi connectivity index (χ0) is 17.2. The lowest BCUT2D eigenvalue weighted by Crippen LogP contribution is -2.32. The molecule has 0 saturated carbocycles. The van der Waals surface area contributed by atoms with Crippen LogP contribution >= 0.6 is 0 Å². The fraction of sp³-hybridized carbons (Fsp3) is 0.300. The molecular formula is C20H22N4O. The number of benzene rings is 2. The van der Waals surface area contributed by atoms with Gasteiger partial charge in [-0.1, -0.05) is 42.5 Å². The summed E-state index contributed by atoms with van der Waals surface area (Å²) in [5, 5.41) is 5.91. The first kappa shape index (κ1) is 15.8. The van der Waals surface area contributed by atoms with Crippen LogP contribution in [0.5, 0.6) is 0 Å². The molecule has 0 aliphatic carbocycles. The predicted molar refractivity (Wildman–Crippen MR) is 97.8 cm³/mol. The third kappa shape index (κ3) is 3.28. The molecule has 2 aromatic carbocycles. The van der Waals surface area contributed by atoms with E-state index in [1.807, 2.05) is 28.8 Å². The van der Waals surface area contributed by atoms with E-state index in [1.165, 1.54) is 16.3 Å². The molecule has 1 aromatic heterocycles. The summed E-state index contributed by atoms with van der Waals surface area (Å²) in [6.07, 6.45) is 4.28. The minimum Gasteiger partial charge on any atom is -0.337 e. The second kappa shape index (κ2) is 6.69. The molecule has 3 aromatic rings. The van der Waals surface area contributed by atoms with Crippen LogP contribution in [0.3, 0.4) is 0 Å². The van der Waals surface area contributed by atoms with Crippen molar-refractivity contribution in [1.29, 1.82) is 0 Å². The number of likely N-dealkylation sites (tertiary alicyclic amines) is 1. The molecule has 5 nitrogen and oxygen atoms in total. The molecule has 1 aliphatic rings. The Balaban J connectivity index is 1.43. The maximum absolute atomic E-state index is 12.4. The Bertz CT molecular complexity index is 896. The van der Waals surface area contributed by atoms with Gasteiger partial charge in [-0.05, 0) is 16.3 Å². The number of nitrogens with zero attached hydrogens (tertiary/aromatic N) is 3. The molecule has 0 bridgehead atoms. The number of amides is 1. The number of fused-ring (bicyclic) bond motifs is 1. The van der Waals surface area contributed by atoms with Crippen LogP contribution in [0, 0.1) is 0 Å². The summed E-state index contributed by atoms with van der Waals surface area (Å²) in [7, 11) is 1.98. The largest absolute Gasteiger partial charge is 0.337 e. The molecule has 128 valence electrons. The van der Waals surface area contributed by atoms with Crippen molar-refractivity contribution >= 4 is 16.7 Å². The third-order valence-corrected chi connectivity index (χ3v) is 4.93. The number of carbonyl (C=O) groups excluding carboxylic acids is 1. The first-order valence-corrected chi connectivity index (χ1v) is 8.65. The van der Waals surface area contributed by atoms with E-state index in [-0.39, 0.29) is 11.9 Å². The number of nitrogens with one attached hydrogen (secondary N) is 1. The minimum atomic E-state index is 0.180. The van der Waals surface area contributed by atoms with Gasteiger partial charge in [0, 0.05) is 45.0 Å². The third-order valence-electron chi connectivity index (χ3n) is 4.93. The highest BCUT2D eigenvalue weighted by Crippen LogP contribution is 2.22. The molecule has 1 fully saturated rings. The Kier molecular flexibility index (Phi) is 4.24. The summed E-state index contributed by atoms with van der Waals surface area (Å²) in [6.45, 7) is 2.09. The molecule has 1 amide bonds. The number of aromatic nitrogens is 2. The SMILES string of the molecule is Cn1ccnc1CNC1CC(=O)N(Cc2cccc3ccccc23)C1. The molecule has 1 saturated heterocycles. The van der Waals surface area contributed by atoms with Gasteiger partial charge in [-0.25, -0.2) is 4.98 Å². The van der Waals surface area contributed by atoms with Gasteiger partial charge in [0.05, 0.1) is 6.54 Å². The van der Waals surface area contributed by atoms with Crippen molar-refractivity contribution in [2.75, 3.05) is 6.54 Å². The van der Waals surface area contributed by atoms with Crippen LogP contribution in [-0.4, -0.2) is 32.9 Å². The highest BCUT2D eigenvalue weighted by atomic mass is 16.2. The molecule has 1 aliphatic heterocycles. The summed E-state index contributed by atoms with van der Waals surface area (Å²) < 4.78 is 2.00. The number of hydrogen-bond acceptors (Lipinski definition) is 3. The Labute approximate surface area is 147 Å².